The van der Waals surface area contributed by atoms with E-state index in [2.05, 4.69) is 4.90 Å². The summed E-state index contributed by atoms with van der Waals surface area (Å²) in [5.74, 6) is -1.06. The third-order valence-corrected chi connectivity index (χ3v) is 4.33. The normalized spacial score (nSPS) is 22.7. The van der Waals surface area contributed by atoms with Crippen LogP contribution >= 0.6 is 0 Å². The Morgan fingerprint density at radius 3 is 3.05 bits per heavy atom. The highest BCUT2D eigenvalue weighted by Crippen LogP contribution is 2.27. The predicted octanol–water partition coefficient (Wildman–Crippen LogP) is 1.48. The first-order valence-corrected chi connectivity index (χ1v) is 7.26. The minimum atomic E-state index is -0.681. The Kier molecular flexibility index (Phi) is 4.19. The van der Waals surface area contributed by atoms with Crippen LogP contribution in [0.1, 0.15) is 34.3 Å². The first-order chi connectivity index (χ1) is 10.2. The molecular formula is C15H19FN2O3. The number of ether oxygens (including phenoxy) is 1. The molecule has 1 aromatic rings. The molecule has 1 fully saturated rings. The Morgan fingerprint density at radius 2 is 2.33 bits per heavy atom. The maximum Gasteiger partial charge on any atom is 0.274 e. The van der Waals surface area contributed by atoms with E-state index in [1.807, 2.05) is 0 Å². The van der Waals surface area contributed by atoms with E-state index >= 15 is 0 Å². The molecule has 5 nitrogen and oxygen atoms in total. The molecule has 3 rings (SSSR count). The zero-order valence-electron chi connectivity index (χ0n) is 11.8. The van der Waals surface area contributed by atoms with Crippen LogP contribution in [-0.4, -0.2) is 41.8 Å². The molecule has 1 saturated heterocycles. The van der Waals surface area contributed by atoms with E-state index in [0.29, 0.717) is 31.2 Å². The van der Waals surface area contributed by atoms with Crippen molar-refractivity contribution >= 4 is 5.91 Å². The number of nitrogens with zero attached hydrogens (tertiary/aromatic N) is 1. The van der Waals surface area contributed by atoms with Gasteiger partial charge in [0.25, 0.3) is 5.91 Å². The highest BCUT2D eigenvalue weighted by molar-refractivity contribution is 5.93. The molecule has 0 saturated carbocycles. The van der Waals surface area contributed by atoms with Gasteiger partial charge in [0, 0.05) is 36.9 Å². The summed E-state index contributed by atoms with van der Waals surface area (Å²) < 4.78 is 19.8. The van der Waals surface area contributed by atoms with Gasteiger partial charge in [-0.3, -0.25) is 14.9 Å². The smallest absolute Gasteiger partial charge is 0.274 e. The van der Waals surface area contributed by atoms with Crippen molar-refractivity contribution in [2.24, 2.45) is 0 Å². The number of fused-ring (bicyclic) bond motifs is 1. The van der Waals surface area contributed by atoms with Gasteiger partial charge in [-0.1, -0.05) is 0 Å². The van der Waals surface area contributed by atoms with E-state index in [-0.39, 0.29) is 11.4 Å². The van der Waals surface area contributed by atoms with Crippen molar-refractivity contribution in [2.75, 3.05) is 19.8 Å². The number of rotatable bonds is 2. The minimum Gasteiger partial charge on any atom is -0.380 e. The molecule has 0 radical (unpaired) electrons. The molecule has 114 valence electrons. The third kappa shape index (κ3) is 2.92. The van der Waals surface area contributed by atoms with Crippen molar-refractivity contribution in [3.63, 3.8) is 0 Å². The van der Waals surface area contributed by atoms with E-state index in [0.717, 1.165) is 31.6 Å². The van der Waals surface area contributed by atoms with Gasteiger partial charge in [-0.25, -0.2) is 9.87 Å². The number of hydrogen-bond donors (Lipinski definition) is 2. The zero-order valence-corrected chi connectivity index (χ0v) is 11.8. The second-order valence-electron chi connectivity index (χ2n) is 5.63. The predicted molar refractivity (Wildman–Crippen MR) is 73.6 cm³/mol. The quantitative estimate of drug-likeness (QED) is 0.641. The van der Waals surface area contributed by atoms with E-state index in [1.165, 1.54) is 6.07 Å². The van der Waals surface area contributed by atoms with Gasteiger partial charge in [-0.2, -0.15) is 0 Å². The Balaban J connectivity index is 1.81. The summed E-state index contributed by atoms with van der Waals surface area (Å²) in [5, 5.41) is 8.65. The van der Waals surface area contributed by atoms with Crippen molar-refractivity contribution in [1.29, 1.82) is 0 Å². The summed E-state index contributed by atoms with van der Waals surface area (Å²) in [4.78, 5) is 13.7. The van der Waals surface area contributed by atoms with Gasteiger partial charge in [0.15, 0.2) is 0 Å². The number of amides is 1. The molecular weight excluding hydrogens is 275 g/mol. The highest BCUT2D eigenvalue weighted by Gasteiger charge is 2.27. The molecule has 0 aromatic heterocycles. The molecule has 1 atom stereocenters. The Bertz CT molecular complexity index is 544. The molecule has 0 bridgehead atoms. The molecule has 0 spiro atoms. The summed E-state index contributed by atoms with van der Waals surface area (Å²) in [6.45, 7) is 2.91. The maximum atomic E-state index is 14.2. The van der Waals surface area contributed by atoms with Crippen molar-refractivity contribution in [3.8, 4) is 0 Å². The molecule has 1 aromatic carbocycles. The lowest BCUT2D eigenvalue weighted by Crippen LogP contribution is -2.44. The fourth-order valence-corrected chi connectivity index (χ4v) is 3.16. The standard InChI is InChI=1S/C15H19FN2O3/c16-14-7-11(15(19)17-20)6-10-3-4-18(8-13(10)14)12-2-1-5-21-9-12/h6-7,12,20H,1-5,8-9H2,(H,17,19). The van der Waals surface area contributed by atoms with E-state index < -0.39 is 5.91 Å². The first kappa shape index (κ1) is 14.4. The van der Waals surface area contributed by atoms with E-state index in [1.54, 1.807) is 11.5 Å². The molecule has 2 N–H and O–H groups in total. The third-order valence-electron chi connectivity index (χ3n) is 4.33. The van der Waals surface area contributed by atoms with Gasteiger partial charge in [-0.15, -0.1) is 0 Å². The van der Waals surface area contributed by atoms with E-state index in [4.69, 9.17) is 9.94 Å². The number of carbonyl (C=O) groups excluding carboxylic acids is 1. The van der Waals surface area contributed by atoms with Crippen molar-refractivity contribution in [3.05, 3.63) is 34.6 Å². The molecule has 0 aliphatic carbocycles. The van der Waals surface area contributed by atoms with Crippen LogP contribution in [0.25, 0.3) is 0 Å². The van der Waals surface area contributed by atoms with E-state index in [9.17, 15) is 9.18 Å². The second-order valence-corrected chi connectivity index (χ2v) is 5.63. The van der Waals surface area contributed by atoms with Crippen LogP contribution in [0.3, 0.4) is 0 Å². The van der Waals surface area contributed by atoms with Gasteiger partial charge in [0.1, 0.15) is 5.82 Å². The van der Waals surface area contributed by atoms with Crippen LogP contribution in [0.4, 0.5) is 4.39 Å². The van der Waals surface area contributed by atoms with Gasteiger partial charge in [0.05, 0.1) is 6.61 Å². The number of benzene rings is 1. The number of carbonyl (C=O) groups is 1. The number of halogens is 1. The molecule has 2 aliphatic heterocycles. The Morgan fingerprint density at radius 1 is 1.48 bits per heavy atom. The topological polar surface area (TPSA) is 61.8 Å². The average molecular weight is 294 g/mol. The lowest BCUT2D eigenvalue weighted by atomic mass is 9.94. The molecule has 2 aliphatic rings. The zero-order chi connectivity index (χ0) is 14.8. The van der Waals surface area contributed by atoms with Gasteiger partial charge < -0.3 is 4.74 Å². The van der Waals surface area contributed by atoms with Gasteiger partial charge in [-0.05, 0) is 37.0 Å². The summed E-state index contributed by atoms with van der Waals surface area (Å²) in [7, 11) is 0. The van der Waals surface area contributed by atoms with Crippen LogP contribution < -0.4 is 5.48 Å². The fourth-order valence-electron chi connectivity index (χ4n) is 3.16. The average Bonchev–Trinajstić information content (AvgIpc) is 2.54. The molecule has 2 heterocycles. The van der Waals surface area contributed by atoms with Gasteiger partial charge >= 0.3 is 0 Å². The molecule has 1 amide bonds. The van der Waals surface area contributed by atoms with Gasteiger partial charge in [0.2, 0.25) is 0 Å². The van der Waals surface area contributed by atoms with Crippen LogP contribution in [0.5, 0.6) is 0 Å². The van der Waals surface area contributed by atoms with Crippen LogP contribution in [0.15, 0.2) is 12.1 Å². The van der Waals surface area contributed by atoms with Crippen molar-refractivity contribution in [2.45, 2.75) is 31.8 Å². The Hall–Kier alpha value is -1.50. The monoisotopic (exact) mass is 294 g/mol. The molecule has 1 unspecified atom stereocenters. The number of nitrogens with one attached hydrogen (secondary N) is 1. The number of hydroxylamine groups is 1. The van der Waals surface area contributed by atoms with Crippen LogP contribution in [0.2, 0.25) is 0 Å². The Labute approximate surface area is 122 Å². The van der Waals surface area contributed by atoms with Crippen LogP contribution in [0, 0.1) is 5.82 Å². The first-order valence-electron chi connectivity index (χ1n) is 7.26. The highest BCUT2D eigenvalue weighted by atomic mass is 19.1. The summed E-state index contributed by atoms with van der Waals surface area (Å²) >= 11 is 0. The van der Waals surface area contributed by atoms with Crippen LogP contribution in [-0.2, 0) is 17.7 Å². The lowest BCUT2D eigenvalue weighted by Gasteiger charge is -2.37. The fraction of sp³-hybridized carbons (Fsp3) is 0.533. The minimum absolute atomic E-state index is 0.156. The summed E-state index contributed by atoms with van der Waals surface area (Å²) in [6.07, 6.45) is 2.84. The molecule has 6 heteroatoms. The SMILES string of the molecule is O=C(NO)c1cc(F)c2c(c1)CCN(C1CCCOC1)C2. The summed E-state index contributed by atoms with van der Waals surface area (Å²) in [6, 6.07) is 3.20. The number of hydrogen-bond acceptors (Lipinski definition) is 4. The maximum absolute atomic E-state index is 14.2. The molecule has 21 heavy (non-hydrogen) atoms. The lowest BCUT2D eigenvalue weighted by molar-refractivity contribution is 0.0120. The second kappa shape index (κ2) is 6.09. The van der Waals surface area contributed by atoms with Crippen molar-refractivity contribution < 1.29 is 19.1 Å². The largest absolute Gasteiger partial charge is 0.380 e. The van der Waals surface area contributed by atoms with Crippen molar-refractivity contribution in [1.82, 2.24) is 10.4 Å². The summed E-state index contributed by atoms with van der Waals surface area (Å²) in [5.41, 5.74) is 3.20.